The van der Waals surface area contributed by atoms with Gasteiger partial charge in [0.15, 0.2) is 0 Å². The van der Waals surface area contributed by atoms with Gasteiger partial charge in [0, 0.05) is 12.1 Å². The Morgan fingerprint density at radius 3 is 2.50 bits per heavy atom. The molecule has 2 heteroatoms. The van der Waals surface area contributed by atoms with Crippen molar-refractivity contribution in [2.75, 3.05) is 6.61 Å². The van der Waals surface area contributed by atoms with Crippen LogP contribution in [-0.4, -0.2) is 23.8 Å². The molecule has 0 bridgehead atoms. The highest BCUT2D eigenvalue weighted by Gasteiger charge is 2.21. The first kappa shape index (κ1) is 14.0. The van der Waals surface area contributed by atoms with Gasteiger partial charge in [-0.25, -0.2) is 0 Å². The predicted molar refractivity (Wildman–Crippen MR) is 69.5 cm³/mol. The summed E-state index contributed by atoms with van der Waals surface area (Å²) >= 11 is 0. The molecule has 1 aliphatic rings. The van der Waals surface area contributed by atoms with Crippen molar-refractivity contribution < 1.29 is 5.11 Å². The second-order valence-corrected chi connectivity index (χ2v) is 5.68. The molecule has 0 saturated heterocycles. The summed E-state index contributed by atoms with van der Waals surface area (Å²) in [7, 11) is 0. The van der Waals surface area contributed by atoms with Crippen LogP contribution < -0.4 is 5.32 Å². The average Bonchev–Trinajstić information content (AvgIpc) is 2.50. The largest absolute Gasteiger partial charge is 0.395 e. The summed E-state index contributed by atoms with van der Waals surface area (Å²) < 4.78 is 0. The molecular weight excluding hydrogens is 198 g/mol. The third-order valence-electron chi connectivity index (χ3n) is 4.12. The lowest BCUT2D eigenvalue weighted by molar-refractivity contribution is 0.194. The number of aliphatic hydroxyl groups excluding tert-OH is 1. The van der Waals surface area contributed by atoms with Crippen molar-refractivity contribution in [1.29, 1.82) is 0 Å². The van der Waals surface area contributed by atoms with E-state index in [-0.39, 0.29) is 12.6 Å². The maximum Gasteiger partial charge on any atom is 0.0587 e. The molecule has 0 heterocycles. The van der Waals surface area contributed by atoms with E-state index < -0.39 is 0 Å². The van der Waals surface area contributed by atoms with Gasteiger partial charge in [-0.15, -0.1) is 0 Å². The second kappa shape index (κ2) is 7.29. The fraction of sp³-hybridized carbons (Fsp3) is 1.00. The molecule has 1 fully saturated rings. The van der Waals surface area contributed by atoms with Crippen molar-refractivity contribution in [3.05, 3.63) is 0 Å². The van der Waals surface area contributed by atoms with Crippen molar-refractivity contribution >= 4 is 0 Å². The lowest BCUT2D eigenvalue weighted by Crippen LogP contribution is -2.43. The quantitative estimate of drug-likeness (QED) is 0.708. The Kier molecular flexibility index (Phi) is 6.37. The van der Waals surface area contributed by atoms with Crippen molar-refractivity contribution in [3.8, 4) is 0 Å². The molecule has 2 unspecified atom stereocenters. The van der Waals surface area contributed by atoms with Gasteiger partial charge < -0.3 is 10.4 Å². The van der Waals surface area contributed by atoms with Crippen molar-refractivity contribution in [2.45, 2.75) is 71.4 Å². The van der Waals surface area contributed by atoms with Gasteiger partial charge in [0.25, 0.3) is 0 Å². The molecule has 2 nitrogen and oxygen atoms in total. The predicted octanol–water partition coefficient (Wildman–Crippen LogP) is 2.95. The molecule has 0 aliphatic heterocycles. The Morgan fingerprint density at radius 2 is 1.94 bits per heavy atom. The molecule has 0 aromatic heterocycles. The van der Waals surface area contributed by atoms with E-state index >= 15 is 0 Å². The third kappa shape index (κ3) is 4.42. The molecule has 16 heavy (non-hydrogen) atoms. The maximum absolute atomic E-state index is 9.33. The zero-order chi connectivity index (χ0) is 12.0. The number of hydrogen-bond donors (Lipinski definition) is 2. The Labute approximate surface area is 101 Å². The fourth-order valence-corrected chi connectivity index (χ4v) is 2.71. The highest BCUT2D eigenvalue weighted by Crippen LogP contribution is 2.25. The van der Waals surface area contributed by atoms with E-state index in [9.17, 15) is 5.11 Å². The summed E-state index contributed by atoms with van der Waals surface area (Å²) in [5, 5.41) is 13.0. The number of aliphatic hydroxyl groups is 1. The first-order valence-corrected chi connectivity index (χ1v) is 7.04. The first-order valence-electron chi connectivity index (χ1n) is 7.04. The average molecular weight is 227 g/mol. The lowest BCUT2D eigenvalue weighted by Gasteiger charge is -2.26. The van der Waals surface area contributed by atoms with Gasteiger partial charge in [-0.05, 0) is 31.1 Å². The highest BCUT2D eigenvalue weighted by molar-refractivity contribution is 4.79. The number of hydrogen-bond acceptors (Lipinski definition) is 2. The minimum absolute atomic E-state index is 0.269. The van der Waals surface area contributed by atoms with Gasteiger partial charge in [-0.3, -0.25) is 0 Å². The van der Waals surface area contributed by atoms with Crippen LogP contribution in [-0.2, 0) is 0 Å². The monoisotopic (exact) mass is 227 g/mol. The van der Waals surface area contributed by atoms with Crippen molar-refractivity contribution in [2.24, 2.45) is 11.8 Å². The zero-order valence-corrected chi connectivity index (χ0v) is 11.2. The molecule has 96 valence electrons. The van der Waals surface area contributed by atoms with E-state index in [1.54, 1.807) is 0 Å². The standard InChI is InChI=1S/C14H29NO/c1-4-12-6-5-7-13(9-8-12)15-14(10-16)11(2)3/h11-16H,4-10H2,1-3H3/t12?,13?,14-/m1/s1. The molecule has 2 N–H and O–H groups in total. The minimum atomic E-state index is 0.269. The van der Waals surface area contributed by atoms with Gasteiger partial charge in [0.05, 0.1) is 6.61 Å². The molecule has 0 radical (unpaired) electrons. The Hall–Kier alpha value is -0.0800. The Balaban J connectivity index is 2.36. The summed E-state index contributed by atoms with van der Waals surface area (Å²) in [6, 6.07) is 0.916. The second-order valence-electron chi connectivity index (χ2n) is 5.68. The SMILES string of the molecule is CCC1CCCC(N[C@H](CO)C(C)C)CC1. The van der Waals surface area contributed by atoms with Crippen LogP contribution in [0.4, 0.5) is 0 Å². The summed E-state index contributed by atoms with van der Waals surface area (Å²) in [5.74, 6) is 1.47. The number of nitrogens with one attached hydrogen (secondary N) is 1. The van der Waals surface area contributed by atoms with E-state index in [0.717, 1.165) is 5.92 Å². The van der Waals surface area contributed by atoms with Crippen LogP contribution in [0.5, 0.6) is 0 Å². The molecule has 1 rings (SSSR count). The topological polar surface area (TPSA) is 32.3 Å². The molecule has 0 spiro atoms. The zero-order valence-electron chi connectivity index (χ0n) is 11.2. The normalized spacial score (nSPS) is 29.1. The molecule has 0 amide bonds. The summed E-state index contributed by atoms with van der Waals surface area (Å²) in [6.45, 7) is 6.94. The highest BCUT2D eigenvalue weighted by atomic mass is 16.3. The van der Waals surface area contributed by atoms with Crippen molar-refractivity contribution in [3.63, 3.8) is 0 Å². The molecule has 0 aromatic carbocycles. The molecule has 3 atom stereocenters. The Bertz CT molecular complexity index is 182. The van der Waals surface area contributed by atoms with E-state index in [0.29, 0.717) is 12.0 Å². The fourth-order valence-electron chi connectivity index (χ4n) is 2.71. The van der Waals surface area contributed by atoms with Crippen LogP contribution in [0.15, 0.2) is 0 Å². The molecule has 1 aliphatic carbocycles. The van der Waals surface area contributed by atoms with Crippen molar-refractivity contribution in [1.82, 2.24) is 5.32 Å². The van der Waals surface area contributed by atoms with Gasteiger partial charge in [-0.1, -0.05) is 40.0 Å². The maximum atomic E-state index is 9.33. The lowest BCUT2D eigenvalue weighted by atomic mass is 9.97. The van der Waals surface area contributed by atoms with Gasteiger partial charge in [0.2, 0.25) is 0 Å². The molecule has 0 aromatic rings. The van der Waals surface area contributed by atoms with Crippen LogP contribution in [0.2, 0.25) is 0 Å². The summed E-state index contributed by atoms with van der Waals surface area (Å²) in [4.78, 5) is 0. The smallest absolute Gasteiger partial charge is 0.0587 e. The van der Waals surface area contributed by atoms with E-state index in [4.69, 9.17) is 0 Å². The van der Waals surface area contributed by atoms with Crippen LogP contribution >= 0.6 is 0 Å². The van der Waals surface area contributed by atoms with Crippen LogP contribution in [0.1, 0.15) is 59.3 Å². The minimum Gasteiger partial charge on any atom is -0.395 e. The Morgan fingerprint density at radius 1 is 1.19 bits per heavy atom. The molecular formula is C14H29NO. The van der Waals surface area contributed by atoms with Gasteiger partial charge >= 0.3 is 0 Å². The molecule has 1 saturated carbocycles. The third-order valence-corrected chi connectivity index (χ3v) is 4.12. The van der Waals surface area contributed by atoms with Crippen LogP contribution in [0, 0.1) is 11.8 Å². The number of rotatable bonds is 5. The van der Waals surface area contributed by atoms with Gasteiger partial charge in [0.1, 0.15) is 0 Å². The summed E-state index contributed by atoms with van der Waals surface area (Å²) in [6.07, 6.45) is 8.04. The van der Waals surface area contributed by atoms with Crippen LogP contribution in [0.3, 0.4) is 0 Å². The summed E-state index contributed by atoms with van der Waals surface area (Å²) in [5.41, 5.74) is 0. The van der Waals surface area contributed by atoms with E-state index in [1.807, 2.05) is 0 Å². The van der Waals surface area contributed by atoms with E-state index in [1.165, 1.54) is 38.5 Å². The first-order chi connectivity index (χ1) is 7.67. The van der Waals surface area contributed by atoms with Crippen LogP contribution in [0.25, 0.3) is 0 Å². The van der Waals surface area contributed by atoms with Gasteiger partial charge in [-0.2, -0.15) is 0 Å². The van der Waals surface area contributed by atoms with E-state index in [2.05, 4.69) is 26.1 Å².